The minimum Gasteiger partial charge on any atom is -0.418 e. The molecule has 26 heavy (non-hydrogen) atoms. The van der Waals surface area contributed by atoms with E-state index in [1.165, 1.54) is 89.9 Å². The van der Waals surface area contributed by atoms with E-state index in [-0.39, 0.29) is 0 Å². The molecule has 0 aromatic rings. The molecule has 160 valence electrons. The summed E-state index contributed by atoms with van der Waals surface area (Å²) >= 11 is 0. The number of unbranched alkanes of at least 4 members (excludes halogenated alkanes) is 6. The van der Waals surface area contributed by atoms with Crippen molar-refractivity contribution in [1.82, 2.24) is 0 Å². The normalized spacial score (nSPS) is 13.3. The Hall–Kier alpha value is -0.255. The van der Waals surface area contributed by atoms with E-state index in [1.807, 2.05) is 0 Å². The Balaban J connectivity index is 0. The summed E-state index contributed by atoms with van der Waals surface area (Å²) in [7, 11) is -6.00. The van der Waals surface area contributed by atoms with Crippen LogP contribution in [0.2, 0.25) is 0 Å². The summed E-state index contributed by atoms with van der Waals surface area (Å²) in [5, 5.41) is 0. The zero-order valence-electron chi connectivity index (χ0n) is 17.8. The zero-order chi connectivity index (χ0) is 20.5. The Kier molecular flexibility index (Phi) is 18.2. The monoisotopic (exact) mass is 385 g/mol. The Labute approximate surface area is 160 Å². The van der Waals surface area contributed by atoms with Crippen molar-refractivity contribution in [3.8, 4) is 0 Å². The van der Waals surface area contributed by atoms with Crippen molar-refractivity contribution < 1.29 is 23.0 Å². The maximum atomic E-state index is 9.75. The molecule has 0 aromatic carbocycles. The molecule has 0 aliphatic rings. The van der Waals surface area contributed by atoms with E-state index in [2.05, 4.69) is 27.7 Å². The largest absolute Gasteiger partial charge is 0.673 e. The van der Waals surface area contributed by atoms with Crippen molar-refractivity contribution in [1.29, 1.82) is 0 Å². The average molecular weight is 385 g/mol. The summed E-state index contributed by atoms with van der Waals surface area (Å²) in [6, 6.07) is 0. The van der Waals surface area contributed by atoms with Crippen LogP contribution in [-0.2, 0) is 0 Å². The molecule has 0 aliphatic carbocycles. The maximum Gasteiger partial charge on any atom is 0.673 e. The zero-order valence-corrected chi connectivity index (χ0v) is 17.8. The van der Waals surface area contributed by atoms with Crippen LogP contribution in [-0.4, -0.2) is 12.8 Å². The molecule has 0 radical (unpaired) electrons. The highest BCUT2D eigenvalue weighted by molar-refractivity contribution is 6.50. The van der Waals surface area contributed by atoms with Crippen molar-refractivity contribution in [2.75, 3.05) is 0 Å². The summed E-state index contributed by atoms with van der Waals surface area (Å²) in [5.74, 6) is 0.868. The van der Waals surface area contributed by atoms with Gasteiger partial charge in [-0.25, -0.2) is 0 Å². The molecule has 0 heterocycles. The van der Waals surface area contributed by atoms with Crippen molar-refractivity contribution in [3.63, 3.8) is 0 Å². The molecule has 0 fully saturated rings. The second-order valence-electron chi connectivity index (χ2n) is 7.75. The van der Waals surface area contributed by atoms with Gasteiger partial charge in [-0.2, -0.15) is 0 Å². The molecule has 0 bridgehead atoms. The minimum atomic E-state index is -6.00. The van der Waals surface area contributed by atoms with Gasteiger partial charge in [0.15, 0.2) is 0 Å². The second kappa shape index (κ2) is 16.9. The molecule has 0 saturated heterocycles. The van der Waals surface area contributed by atoms with Crippen LogP contribution in [0.15, 0.2) is 0 Å². The molecule has 0 aliphatic heterocycles. The van der Waals surface area contributed by atoms with E-state index in [1.54, 1.807) is 0 Å². The first kappa shape index (κ1) is 28.0. The Bertz CT molecular complexity index is 284. The predicted molar refractivity (Wildman–Crippen MR) is 107 cm³/mol. The SMILES string of the molecule is CCCCCCC(CCCC)C([NH3+])(CCCC)CCCC.F[B-](F)(F)F. The lowest BCUT2D eigenvalue weighted by molar-refractivity contribution is -0.498. The molecular formula is C20H44BF4N. The lowest BCUT2D eigenvalue weighted by Crippen LogP contribution is -2.76. The Morgan fingerprint density at radius 1 is 0.654 bits per heavy atom. The molecule has 0 spiro atoms. The van der Waals surface area contributed by atoms with Gasteiger partial charge in [-0.15, -0.1) is 0 Å². The van der Waals surface area contributed by atoms with E-state index < -0.39 is 7.25 Å². The summed E-state index contributed by atoms with van der Waals surface area (Å²) < 4.78 is 39.0. The van der Waals surface area contributed by atoms with Crippen molar-refractivity contribution in [2.45, 2.75) is 123 Å². The first-order chi connectivity index (χ1) is 12.1. The highest BCUT2D eigenvalue weighted by Crippen LogP contribution is 2.33. The molecule has 1 unspecified atom stereocenters. The van der Waals surface area contributed by atoms with Gasteiger partial charge in [-0.1, -0.05) is 79.1 Å². The van der Waals surface area contributed by atoms with Crippen LogP contribution in [0, 0.1) is 5.92 Å². The minimum absolute atomic E-state index is 0.368. The van der Waals surface area contributed by atoms with Crippen LogP contribution in [0.4, 0.5) is 17.3 Å². The van der Waals surface area contributed by atoms with Gasteiger partial charge >= 0.3 is 7.25 Å². The number of hydrogen-bond acceptors (Lipinski definition) is 0. The molecule has 3 N–H and O–H groups in total. The van der Waals surface area contributed by atoms with Crippen molar-refractivity contribution in [2.24, 2.45) is 5.92 Å². The van der Waals surface area contributed by atoms with E-state index >= 15 is 0 Å². The average Bonchev–Trinajstić information content (AvgIpc) is 2.56. The molecule has 6 heteroatoms. The van der Waals surface area contributed by atoms with Crippen molar-refractivity contribution in [3.05, 3.63) is 0 Å². The van der Waals surface area contributed by atoms with Gasteiger partial charge in [0.25, 0.3) is 0 Å². The molecule has 0 amide bonds. The van der Waals surface area contributed by atoms with Crippen LogP contribution in [0.1, 0.15) is 118 Å². The molecule has 0 rings (SSSR count). The van der Waals surface area contributed by atoms with Gasteiger partial charge in [-0.05, 0) is 25.7 Å². The van der Waals surface area contributed by atoms with Crippen LogP contribution < -0.4 is 5.73 Å². The molecule has 1 nitrogen and oxygen atoms in total. The maximum absolute atomic E-state index is 9.75. The lowest BCUT2D eigenvalue weighted by atomic mass is 9.72. The summed E-state index contributed by atoms with van der Waals surface area (Å²) in [6.45, 7) is 9.28. The van der Waals surface area contributed by atoms with Gasteiger partial charge < -0.3 is 23.0 Å². The third kappa shape index (κ3) is 18.5. The lowest BCUT2D eigenvalue weighted by Gasteiger charge is -2.35. The number of hydrogen-bond donors (Lipinski definition) is 1. The van der Waals surface area contributed by atoms with E-state index in [0.717, 1.165) is 5.92 Å². The topological polar surface area (TPSA) is 27.6 Å². The summed E-state index contributed by atoms with van der Waals surface area (Å²) in [6.07, 6.45) is 19.3. The van der Waals surface area contributed by atoms with Crippen LogP contribution >= 0.6 is 0 Å². The van der Waals surface area contributed by atoms with Gasteiger partial charge in [0.2, 0.25) is 0 Å². The number of rotatable bonds is 15. The number of quaternary nitrogens is 1. The van der Waals surface area contributed by atoms with Gasteiger partial charge in [-0.3, -0.25) is 0 Å². The highest BCUT2D eigenvalue weighted by Gasteiger charge is 2.36. The fourth-order valence-electron chi connectivity index (χ4n) is 3.62. The van der Waals surface area contributed by atoms with Crippen LogP contribution in [0.3, 0.4) is 0 Å². The molecule has 0 saturated carbocycles. The smallest absolute Gasteiger partial charge is 0.418 e. The van der Waals surface area contributed by atoms with E-state index in [9.17, 15) is 17.3 Å². The Morgan fingerprint density at radius 2 is 1.04 bits per heavy atom. The molecular weight excluding hydrogens is 341 g/mol. The molecule has 1 atom stereocenters. The second-order valence-corrected chi connectivity index (χ2v) is 7.75. The highest BCUT2D eigenvalue weighted by atomic mass is 19.5. The van der Waals surface area contributed by atoms with Crippen molar-refractivity contribution >= 4 is 7.25 Å². The molecule has 0 aromatic heterocycles. The number of halogens is 4. The third-order valence-corrected chi connectivity index (χ3v) is 5.23. The third-order valence-electron chi connectivity index (χ3n) is 5.23. The Morgan fingerprint density at radius 3 is 1.42 bits per heavy atom. The van der Waals surface area contributed by atoms with Gasteiger partial charge in [0.1, 0.15) is 0 Å². The fourth-order valence-corrected chi connectivity index (χ4v) is 3.62. The van der Waals surface area contributed by atoms with Gasteiger partial charge in [0, 0.05) is 18.8 Å². The van der Waals surface area contributed by atoms with Crippen LogP contribution in [0.25, 0.3) is 0 Å². The fraction of sp³-hybridized carbons (Fsp3) is 1.00. The van der Waals surface area contributed by atoms with E-state index in [0.29, 0.717) is 5.54 Å². The standard InChI is InChI=1S/C20H43N.BF4/c1-5-9-13-14-16-19(15-10-6-2)20(21,17-11-7-3)18-12-8-4;2-1(3,4)5/h19H,5-18,21H2,1-4H3;/q;-1/p+1. The quantitative estimate of drug-likeness (QED) is 0.172. The summed E-state index contributed by atoms with van der Waals surface area (Å²) in [5.41, 5.74) is 5.17. The summed E-state index contributed by atoms with van der Waals surface area (Å²) in [4.78, 5) is 0. The first-order valence-electron chi connectivity index (χ1n) is 10.9. The predicted octanol–water partition coefficient (Wildman–Crippen LogP) is 7.42. The van der Waals surface area contributed by atoms with E-state index in [4.69, 9.17) is 5.73 Å². The van der Waals surface area contributed by atoms with Gasteiger partial charge in [0.05, 0.1) is 5.54 Å². The first-order valence-corrected chi connectivity index (χ1v) is 10.9. The van der Waals surface area contributed by atoms with Crippen LogP contribution in [0.5, 0.6) is 0 Å².